The highest BCUT2D eigenvalue weighted by atomic mass is 16.4. The predicted molar refractivity (Wildman–Crippen MR) is 52.5 cm³/mol. The van der Waals surface area contributed by atoms with Gasteiger partial charge in [0.25, 0.3) is 0 Å². The van der Waals surface area contributed by atoms with Crippen molar-refractivity contribution in [3.63, 3.8) is 0 Å². The van der Waals surface area contributed by atoms with E-state index in [1.165, 1.54) is 6.42 Å². The van der Waals surface area contributed by atoms with E-state index in [-0.39, 0.29) is 5.92 Å². The second-order valence-corrected chi connectivity index (χ2v) is 4.77. The molecular formula is C11H20O2. The van der Waals surface area contributed by atoms with Gasteiger partial charge in [-0.1, -0.05) is 27.2 Å². The van der Waals surface area contributed by atoms with Crippen LogP contribution < -0.4 is 0 Å². The summed E-state index contributed by atoms with van der Waals surface area (Å²) in [5.74, 6) is 0.812. The van der Waals surface area contributed by atoms with Gasteiger partial charge in [-0.25, -0.2) is 0 Å². The molecular weight excluding hydrogens is 164 g/mol. The van der Waals surface area contributed by atoms with E-state index in [4.69, 9.17) is 5.11 Å². The molecule has 1 N–H and O–H groups in total. The average Bonchev–Trinajstić information content (AvgIpc) is 2.03. The van der Waals surface area contributed by atoms with Crippen LogP contribution in [0.1, 0.15) is 40.0 Å². The lowest BCUT2D eigenvalue weighted by Crippen LogP contribution is -2.33. The Labute approximate surface area is 80.3 Å². The van der Waals surface area contributed by atoms with Gasteiger partial charge in [0, 0.05) is 0 Å². The molecule has 1 saturated carbocycles. The average molecular weight is 184 g/mol. The number of hydrogen-bond acceptors (Lipinski definition) is 1. The molecule has 76 valence electrons. The predicted octanol–water partition coefficient (Wildman–Crippen LogP) is 2.78. The first-order valence-corrected chi connectivity index (χ1v) is 5.25. The van der Waals surface area contributed by atoms with Crippen molar-refractivity contribution in [3.05, 3.63) is 0 Å². The standard InChI is InChI=1S/C11H20O2/c1-7(2)9-5-4-8(3)6-10(9)11(12)13/h7-10H,4-6H2,1-3H3,(H,12,13)/t8-,9-,10+/m1/s1. The summed E-state index contributed by atoms with van der Waals surface area (Å²) < 4.78 is 0. The zero-order valence-corrected chi connectivity index (χ0v) is 8.79. The molecule has 0 radical (unpaired) electrons. The minimum absolute atomic E-state index is 0.0938. The summed E-state index contributed by atoms with van der Waals surface area (Å²) in [7, 11) is 0. The SMILES string of the molecule is CC(C)[C@H]1CC[C@@H](C)C[C@@H]1C(=O)O. The van der Waals surface area contributed by atoms with E-state index in [0.29, 0.717) is 17.8 Å². The van der Waals surface area contributed by atoms with E-state index in [1.54, 1.807) is 0 Å². The molecule has 13 heavy (non-hydrogen) atoms. The third-order valence-electron chi connectivity index (χ3n) is 3.34. The third-order valence-corrected chi connectivity index (χ3v) is 3.34. The molecule has 0 aromatic heterocycles. The lowest BCUT2D eigenvalue weighted by atomic mass is 9.70. The van der Waals surface area contributed by atoms with E-state index < -0.39 is 5.97 Å². The molecule has 0 bridgehead atoms. The monoisotopic (exact) mass is 184 g/mol. The van der Waals surface area contributed by atoms with Gasteiger partial charge in [-0.3, -0.25) is 4.79 Å². The van der Waals surface area contributed by atoms with Gasteiger partial charge in [0.2, 0.25) is 0 Å². The van der Waals surface area contributed by atoms with E-state index in [9.17, 15) is 4.79 Å². The van der Waals surface area contributed by atoms with E-state index in [0.717, 1.165) is 12.8 Å². The van der Waals surface area contributed by atoms with Crippen LogP contribution in [0.15, 0.2) is 0 Å². The number of hydrogen-bond donors (Lipinski definition) is 1. The third kappa shape index (κ3) is 2.45. The highest BCUT2D eigenvalue weighted by molar-refractivity contribution is 5.70. The number of carbonyl (C=O) groups is 1. The fraction of sp³-hybridized carbons (Fsp3) is 0.909. The van der Waals surface area contributed by atoms with Crippen LogP contribution in [0, 0.1) is 23.7 Å². The summed E-state index contributed by atoms with van der Waals surface area (Å²) in [6.07, 6.45) is 3.17. The molecule has 1 rings (SSSR count). The Balaban J connectivity index is 2.66. The van der Waals surface area contributed by atoms with Crippen LogP contribution in [0.5, 0.6) is 0 Å². The Morgan fingerprint density at radius 1 is 1.38 bits per heavy atom. The van der Waals surface area contributed by atoms with Gasteiger partial charge in [-0.2, -0.15) is 0 Å². The van der Waals surface area contributed by atoms with Crippen molar-refractivity contribution in [2.75, 3.05) is 0 Å². The summed E-state index contributed by atoms with van der Waals surface area (Å²) in [5.41, 5.74) is 0. The highest BCUT2D eigenvalue weighted by Gasteiger charge is 2.35. The molecule has 0 unspecified atom stereocenters. The lowest BCUT2D eigenvalue weighted by Gasteiger charge is -2.34. The zero-order valence-electron chi connectivity index (χ0n) is 8.79. The van der Waals surface area contributed by atoms with Crippen molar-refractivity contribution < 1.29 is 9.90 Å². The number of carboxylic acids is 1. The first kappa shape index (κ1) is 10.6. The first-order chi connectivity index (χ1) is 6.02. The summed E-state index contributed by atoms with van der Waals surface area (Å²) in [6.45, 7) is 6.43. The van der Waals surface area contributed by atoms with Gasteiger partial charge in [0.15, 0.2) is 0 Å². The molecule has 1 aliphatic carbocycles. The fourth-order valence-corrected chi connectivity index (χ4v) is 2.49. The molecule has 0 heterocycles. The smallest absolute Gasteiger partial charge is 0.306 e. The quantitative estimate of drug-likeness (QED) is 0.716. The van der Waals surface area contributed by atoms with Crippen LogP contribution in [-0.4, -0.2) is 11.1 Å². The molecule has 0 aliphatic heterocycles. The van der Waals surface area contributed by atoms with Crippen molar-refractivity contribution in [1.82, 2.24) is 0 Å². The molecule has 0 saturated heterocycles. The van der Waals surface area contributed by atoms with Crippen LogP contribution in [-0.2, 0) is 4.79 Å². The Hall–Kier alpha value is -0.530. The van der Waals surface area contributed by atoms with Crippen LogP contribution >= 0.6 is 0 Å². The second-order valence-electron chi connectivity index (χ2n) is 4.77. The molecule has 0 spiro atoms. The number of rotatable bonds is 2. The van der Waals surface area contributed by atoms with Gasteiger partial charge >= 0.3 is 5.97 Å². The molecule has 1 fully saturated rings. The summed E-state index contributed by atoms with van der Waals surface area (Å²) >= 11 is 0. The van der Waals surface area contributed by atoms with Crippen LogP contribution in [0.25, 0.3) is 0 Å². The Bertz CT molecular complexity index is 187. The van der Waals surface area contributed by atoms with Crippen molar-refractivity contribution in [2.24, 2.45) is 23.7 Å². The minimum Gasteiger partial charge on any atom is -0.481 e. The van der Waals surface area contributed by atoms with Crippen molar-refractivity contribution >= 4 is 5.97 Å². The Kier molecular flexibility index (Phi) is 3.34. The molecule has 1 aliphatic rings. The Morgan fingerprint density at radius 2 is 2.00 bits per heavy atom. The van der Waals surface area contributed by atoms with Gasteiger partial charge in [0.1, 0.15) is 0 Å². The van der Waals surface area contributed by atoms with Crippen LogP contribution in [0.3, 0.4) is 0 Å². The van der Waals surface area contributed by atoms with Crippen LogP contribution in [0.4, 0.5) is 0 Å². The molecule has 2 heteroatoms. The largest absolute Gasteiger partial charge is 0.481 e. The fourth-order valence-electron chi connectivity index (χ4n) is 2.49. The summed E-state index contributed by atoms with van der Waals surface area (Å²) in [5, 5.41) is 9.08. The maximum atomic E-state index is 11.0. The van der Waals surface area contributed by atoms with Crippen molar-refractivity contribution in [3.8, 4) is 0 Å². The topological polar surface area (TPSA) is 37.3 Å². The minimum atomic E-state index is -0.592. The molecule has 0 amide bonds. The van der Waals surface area contributed by atoms with Gasteiger partial charge < -0.3 is 5.11 Å². The lowest BCUT2D eigenvalue weighted by molar-refractivity contribution is -0.146. The number of aliphatic carboxylic acids is 1. The van der Waals surface area contributed by atoms with E-state index in [1.807, 2.05) is 0 Å². The van der Waals surface area contributed by atoms with Crippen molar-refractivity contribution in [2.45, 2.75) is 40.0 Å². The Morgan fingerprint density at radius 3 is 2.46 bits per heavy atom. The van der Waals surface area contributed by atoms with Crippen LogP contribution in [0.2, 0.25) is 0 Å². The first-order valence-electron chi connectivity index (χ1n) is 5.25. The van der Waals surface area contributed by atoms with Gasteiger partial charge in [-0.15, -0.1) is 0 Å². The molecule has 0 aromatic carbocycles. The molecule has 0 aromatic rings. The van der Waals surface area contributed by atoms with Crippen molar-refractivity contribution in [1.29, 1.82) is 0 Å². The maximum absolute atomic E-state index is 11.0. The number of carboxylic acid groups (broad SMARTS) is 1. The second kappa shape index (κ2) is 4.12. The van der Waals surface area contributed by atoms with Gasteiger partial charge in [-0.05, 0) is 30.6 Å². The molecule has 2 nitrogen and oxygen atoms in total. The summed E-state index contributed by atoms with van der Waals surface area (Å²) in [6, 6.07) is 0. The maximum Gasteiger partial charge on any atom is 0.306 e. The van der Waals surface area contributed by atoms with Gasteiger partial charge in [0.05, 0.1) is 5.92 Å². The molecule has 3 atom stereocenters. The van der Waals surface area contributed by atoms with E-state index >= 15 is 0 Å². The normalized spacial score (nSPS) is 34.9. The summed E-state index contributed by atoms with van der Waals surface area (Å²) in [4.78, 5) is 11.0. The van der Waals surface area contributed by atoms with E-state index in [2.05, 4.69) is 20.8 Å². The highest BCUT2D eigenvalue weighted by Crippen LogP contribution is 2.37. The zero-order chi connectivity index (χ0) is 10.0.